The van der Waals surface area contributed by atoms with E-state index in [0.29, 0.717) is 6.42 Å². The highest BCUT2D eigenvalue weighted by atomic mass is 79.9. The van der Waals surface area contributed by atoms with Crippen molar-refractivity contribution in [3.63, 3.8) is 0 Å². The third-order valence-corrected chi connectivity index (χ3v) is 2.61. The Morgan fingerprint density at radius 1 is 1.47 bits per heavy atom. The Morgan fingerprint density at radius 3 is 2.71 bits per heavy atom. The van der Waals surface area contributed by atoms with Crippen LogP contribution in [0.25, 0.3) is 0 Å². The largest absolute Gasteiger partial charge is 1.00 e. The molecule has 4 nitrogen and oxygen atoms in total. The fourth-order valence-electron chi connectivity index (χ4n) is 1.71. The van der Waals surface area contributed by atoms with Crippen LogP contribution in [0.3, 0.4) is 0 Å². The number of esters is 1. The summed E-state index contributed by atoms with van der Waals surface area (Å²) in [6.07, 6.45) is 6.52. The summed E-state index contributed by atoms with van der Waals surface area (Å²) in [7, 11) is 1.43. The van der Waals surface area contributed by atoms with Crippen LogP contribution in [0.5, 0.6) is 0 Å². The molecule has 1 aromatic heterocycles. The normalized spacial score (nSPS) is 9.82. The number of aryl methyl sites for hydroxylation is 3. The van der Waals surface area contributed by atoms with Crippen molar-refractivity contribution >= 4 is 5.97 Å². The van der Waals surface area contributed by atoms with Crippen LogP contribution in [0.2, 0.25) is 0 Å². The summed E-state index contributed by atoms with van der Waals surface area (Å²) in [4.78, 5) is 11.1. The lowest BCUT2D eigenvalue weighted by Gasteiger charge is -1.99. The number of carbonyl (C=O) groups excluding carboxylic acids is 1. The summed E-state index contributed by atoms with van der Waals surface area (Å²) >= 11 is 0. The summed E-state index contributed by atoms with van der Waals surface area (Å²) < 4.78 is 9.01. The van der Waals surface area contributed by atoms with Gasteiger partial charge < -0.3 is 21.7 Å². The molecule has 0 aliphatic heterocycles. The molecule has 1 heterocycles. The van der Waals surface area contributed by atoms with Gasteiger partial charge in [0.1, 0.15) is 11.9 Å². The van der Waals surface area contributed by atoms with Crippen LogP contribution < -0.4 is 21.5 Å². The van der Waals surface area contributed by atoms with E-state index in [2.05, 4.69) is 40.2 Å². The Hall–Kier alpha value is -0.840. The second-order valence-electron chi connectivity index (χ2n) is 3.84. The molecule has 1 aromatic rings. The molecule has 0 bridgehead atoms. The maximum absolute atomic E-state index is 11.1. The molecule has 0 unspecified atom stereocenters. The first-order valence-electron chi connectivity index (χ1n) is 5.86. The lowest BCUT2D eigenvalue weighted by atomic mass is 10.2. The predicted octanol–water partition coefficient (Wildman–Crippen LogP) is -1.68. The number of ether oxygens (including phenoxy) is 1. The Balaban J connectivity index is 0.00000256. The molecular formula is C12H21BrN2O2. The van der Waals surface area contributed by atoms with Crippen molar-refractivity contribution in [1.82, 2.24) is 4.57 Å². The molecule has 1 rings (SSSR count). The van der Waals surface area contributed by atoms with E-state index in [1.54, 1.807) is 0 Å². The Bertz CT molecular complexity index is 350. The summed E-state index contributed by atoms with van der Waals surface area (Å²) in [5.41, 5.74) is 1.20. The van der Waals surface area contributed by atoms with Gasteiger partial charge in [-0.2, -0.15) is 0 Å². The van der Waals surface area contributed by atoms with Crippen molar-refractivity contribution in [1.29, 1.82) is 0 Å². The van der Waals surface area contributed by atoms with Gasteiger partial charge >= 0.3 is 5.97 Å². The van der Waals surface area contributed by atoms with Gasteiger partial charge in [-0.05, 0) is 13.3 Å². The Kier molecular flexibility index (Phi) is 7.87. The van der Waals surface area contributed by atoms with Crippen molar-refractivity contribution in [2.24, 2.45) is 0 Å². The van der Waals surface area contributed by atoms with Crippen LogP contribution in [0.4, 0.5) is 0 Å². The number of methoxy groups -OCH3 is 1. The van der Waals surface area contributed by atoms with E-state index in [4.69, 9.17) is 0 Å². The number of carbonyl (C=O) groups is 1. The van der Waals surface area contributed by atoms with Crippen molar-refractivity contribution in [3.05, 3.63) is 18.2 Å². The molecule has 0 radical (unpaired) electrons. The zero-order valence-electron chi connectivity index (χ0n) is 10.8. The zero-order chi connectivity index (χ0) is 12.0. The fraction of sp³-hybridized carbons (Fsp3) is 0.667. The van der Waals surface area contributed by atoms with Crippen LogP contribution in [-0.2, 0) is 29.0 Å². The molecule has 0 aliphatic rings. The molecule has 0 amide bonds. The molecule has 0 saturated carbocycles. The Labute approximate surface area is 113 Å². The zero-order valence-corrected chi connectivity index (χ0v) is 12.4. The highest BCUT2D eigenvalue weighted by molar-refractivity contribution is 5.69. The van der Waals surface area contributed by atoms with Crippen molar-refractivity contribution in [3.8, 4) is 0 Å². The first kappa shape index (κ1) is 16.2. The minimum atomic E-state index is -0.146. The lowest BCUT2D eigenvalue weighted by Crippen LogP contribution is -3.00. The van der Waals surface area contributed by atoms with Crippen molar-refractivity contribution in [2.75, 3.05) is 7.11 Å². The minimum absolute atomic E-state index is 0. The van der Waals surface area contributed by atoms with Gasteiger partial charge in [0.05, 0.1) is 26.6 Å². The van der Waals surface area contributed by atoms with Gasteiger partial charge in [0.25, 0.3) is 0 Å². The third-order valence-electron chi connectivity index (χ3n) is 2.61. The van der Waals surface area contributed by atoms with E-state index in [-0.39, 0.29) is 23.0 Å². The summed E-state index contributed by atoms with van der Waals surface area (Å²) in [5.74, 6) is -0.146. The standard InChI is InChI=1S/C12H21N2O2.BrH/c1-4-8-14-10-13(5-2)9-11(14)6-7-12(15)16-3;/h9-10H,4-8H2,1-3H3;1H/q+1;/p-1. The highest BCUT2D eigenvalue weighted by Gasteiger charge is 2.13. The second kappa shape index (κ2) is 8.28. The van der Waals surface area contributed by atoms with E-state index in [9.17, 15) is 4.79 Å². The average molecular weight is 305 g/mol. The molecule has 0 atom stereocenters. The third kappa shape index (κ3) is 4.89. The lowest BCUT2D eigenvalue weighted by molar-refractivity contribution is -0.703. The molecular weight excluding hydrogens is 284 g/mol. The highest BCUT2D eigenvalue weighted by Crippen LogP contribution is 2.00. The van der Waals surface area contributed by atoms with E-state index in [1.807, 2.05) is 0 Å². The molecule has 17 heavy (non-hydrogen) atoms. The number of halogens is 1. The number of nitrogens with zero attached hydrogens (tertiary/aromatic N) is 2. The van der Waals surface area contributed by atoms with Crippen LogP contribution in [0.1, 0.15) is 32.4 Å². The number of aromatic nitrogens is 2. The second-order valence-corrected chi connectivity index (χ2v) is 3.84. The number of hydrogen-bond donors (Lipinski definition) is 0. The van der Waals surface area contributed by atoms with E-state index in [0.717, 1.165) is 25.9 Å². The van der Waals surface area contributed by atoms with E-state index >= 15 is 0 Å². The van der Waals surface area contributed by atoms with Crippen LogP contribution in [0, 0.1) is 0 Å². The Morgan fingerprint density at radius 2 is 2.18 bits per heavy atom. The monoisotopic (exact) mass is 304 g/mol. The van der Waals surface area contributed by atoms with Gasteiger partial charge in [-0.25, -0.2) is 9.13 Å². The van der Waals surface area contributed by atoms with Gasteiger partial charge in [-0.3, -0.25) is 4.79 Å². The molecule has 0 saturated heterocycles. The average Bonchev–Trinajstić information content (AvgIpc) is 2.69. The van der Waals surface area contributed by atoms with Gasteiger partial charge in [-0.1, -0.05) is 6.92 Å². The van der Waals surface area contributed by atoms with Gasteiger partial charge in [0.2, 0.25) is 6.33 Å². The fourth-order valence-corrected chi connectivity index (χ4v) is 1.71. The van der Waals surface area contributed by atoms with Gasteiger partial charge in [0.15, 0.2) is 0 Å². The first-order valence-corrected chi connectivity index (χ1v) is 5.86. The minimum Gasteiger partial charge on any atom is -1.00 e. The number of imidazole rings is 1. The first-order chi connectivity index (χ1) is 7.71. The maximum atomic E-state index is 11.1. The van der Waals surface area contributed by atoms with Crippen molar-refractivity contribution in [2.45, 2.75) is 46.2 Å². The molecule has 0 N–H and O–H groups in total. The van der Waals surface area contributed by atoms with Crippen LogP contribution in [-0.4, -0.2) is 17.6 Å². The van der Waals surface area contributed by atoms with E-state index < -0.39 is 0 Å². The number of hydrogen-bond acceptors (Lipinski definition) is 2. The molecule has 98 valence electrons. The van der Waals surface area contributed by atoms with Crippen molar-refractivity contribution < 1.29 is 31.1 Å². The maximum Gasteiger partial charge on any atom is 0.305 e. The van der Waals surface area contributed by atoms with Crippen LogP contribution >= 0.6 is 0 Å². The molecule has 0 aliphatic carbocycles. The SMILES string of the molecule is CCC[n+]1cn(CC)cc1CCC(=O)OC.[Br-]. The van der Waals surface area contributed by atoms with E-state index in [1.165, 1.54) is 12.8 Å². The predicted molar refractivity (Wildman–Crippen MR) is 60.9 cm³/mol. The number of rotatable bonds is 6. The molecule has 0 aromatic carbocycles. The molecule has 5 heteroatoms. The summed E-state index contributed by atoms with van der Waals surface area (Å²) in [6.45, 7) is 6.23. The molecule has 0 fully saturated rings. The van der Waals surface area contributed by atoms with Crippen LogP contribution in [0.15, 0.2) is 12.5 Å². The summed E-state index contributed by atoms with van der Waals surface area (Å²) in [6, 6.07) is 0. The van der Waals surface area contributed by atoms with Gasteiger partial charge in [-0.15, -0.1) is 0 Å². The quantitative estimate of drug-likeness (QED) is 0.465. The molecule has 0 spiro atoms. The smallest absolute Gasteiger partial charge is 0.305 e. The summed E-state index contributed by atoms with van der Waals surface area (Å²) in [5, 5.41) is 0. The topological polar surface area (TPSA) is 35.1 Å². The van der Waals surface area contributed by atoms with Gasteiger partial charge in [0, 0.05) is 6.42 Å².